The van der Waals surface area contributed by atoms with Crippen LogP contribution in [0.25, 0.3) is 0 Å². The molecule has 1 saturated heterocycles. The molecule has 1 aliphatic rings. The molecule has 2 aromatic rings. The van der Waals surface area contributed by atoms with Gasteiger partial charge in [-0.15, -0.1) is 0 Å². The number of ether oxygens (including phenoxy) is 1. The Labute approximate surface area is 185 Å². The van der Waals surface area contributed by atoms with Gasteiger partial charge in [-0.05, 0) is 36.8 Å². The van der Waals surface area contributed by atoms with Crippen molar-refractivity contribution < 1.29 is 22.9 Å². The van der Waals surface area contributed by atoms with Gasteiger partial charge in [0.1, 0.15) is 5.69 Å². The normalized spacial score (nSPS) is 15.2. The van der Waals surface area contributed by atoms with Gasteiger partial charge < -0.3 is 10.1 Å². The van der Waals surface area contributed by atoms with E-state index in [1.165, 1.54) is 23.4 Å². The largest absolute Gasteiger partial charge is 0.379 e. The summed E-state index contributed by atoms with van der Waals surface area (Å²) in [6, 6.07) is 10.6. The lowest BCUT2D eigenvalue weighted by Crippen LogP contribution is -2.40. The van der Waals surface area contributed by atoms with Crippen LogP contribution in [-0.2, 0) is 19.6 Å². The molecular formula is C20H23N5O6S. The van der Waals surface area contributed by atoms with E-state index in [2.05, 4.69) is 15.8 Å². The smallest absolute Gasteiger partial charge is 0.295 e. The Kier molecular flexibility index (Phi) is 7.18. The maximum atomic E-state index is 12.8. The summed E-state index contributed by atoms with van der Waals surface area (Å²) in [6.45, 7) is 4.03. The second-order valence-corrected chi connectivity index (χ2v) is 8.96. The lowest BCUT2D eigenvalue weighted by molar-refractivity contribution is -0.384. The fourth-order valence-electron chi connectivity index (χ4n) is 3.09. The van der Waals surface area contributed by atoms with Crippen LogP contribution in [0, 0.1) is 10.1 Å². The highest BCUT2D eigenvalue weighted by Gasteiger charge is 2.28. The number of benzene rings is 2. The monoisotopic (exact) mass is 461 g/mol. The van der Waals surface area contributed by atoms with Crippen LogP contribution in [0.5, 0.6) is 0 Å². The number of hydrogen-bond acceptors (Lipinski definition) is 8. The summed E-state index contributed by atoms with van der Waals surface area (Å²) < 4.78 is 32.0. The Morgan fingerprint density at radius 1 is 1.16 bits per heavy atom. The van der Waals surface area contributed by atoms with Crippen LogP contribution in [0.4, 0.5) is 17.1 Å². The number of nitrogens with one attached hydrogen (secondary N) is 2. The van der Waals surface area contributed by atoms with Crippen LogP contribution in [-0.4, -0.2) is 55.6 Å². The first-order valence-electron chi connectivity index (χ1n) is 9.73. The Morgan fingerprint density at radius 2 is 1.88 bits per heavy atom. The zero-order valence-corrected chi connectivity index (χ0v) is 18.4. The molecule has 0 unspecified atom stereocenters. The van der Waals surface area contributed by atoms with E-state index in [1.54, 1.807) is 31.2 Å². The van der Waals surface area contributed by atoms with Crippen molar-refractivity contribution in [3.63, 3.8) is 0 Å². The molecule has 0 radical (unpaired) electrons. The van der Waals surface area contributed by atoms with E-state index in [0.717, 1.165) is 6.07 Å². The molecule has 170 valence electrons. The molecule has 2 N–H and O–H groups in total. The number of nitro groups is 1. The van der Waals surface area contributed by atoms with Crippen molar-refractivity contribution in [2.75, 3.05) is 37.0 Å². The number of hydrazone groups is 1. The van der Waals surface area contributed by atoms with Crippen molar-refractivity contribution in [3.8, 4) is 0 Å². The predicted molar refractivity (Wildman–Crippen MR) is 119 cm³/mol. The van der Waals surface area contributed by atoms with Crippen molar-refractivity contribution in [2.24, 2.45) is 5.10 Å². The molecule has 0 aliphatic carbocycles. The van der Waals surface area contributed by atoms with E-state index in [1.807, 2.05) is 0 Å². The topological polar surface area (TPSA) is 143 Å². The van der Waals surface area contributed by atoms with Gasteiger partial charge in [-0.2, -0.15) is 9.41 Å². The highest BCUT2D eigenvalue weighted by atomic mass is 32.2. The number of carbonyl (C=O) groups is 1. The Morgan fingerprint density at radius 3 is 2.53 bits per heavy atom. The molecule has 32 heavy (non-hydrogen) atoms. The molecule has 11 nitrogen and oxygen atoms in total. The first kappa shape index (κ1) is 23.3. The van der Waals surface area contributed by atoms with Crippen LogP contribution >= 0.6 is 0 Å². The van der Waals surface area contributed by atoms with Gasteiger partial charge in [0.25, 0.3) is 5.69 Å². The molecule has 1 fully saturated rings. The molecule has 2 aromatic carbocycles. The Hall–Kier alpha value is -3.35. The maximum Gasteiger partial charge on any atom is 0.295 e. The molecule has 0 aromatic heterocycles. The van der Waals surface area contributed by atoms with E-state index < -0.39 is 20.6 Å². The second-order valence-electron chi connectivity index (χ2n) is 7.02. The summed E-state index contributed by atoms with van der Waals surface area (Å²) in [5, 5.41) is 18.4. The molecule has 0 bridgehead atoms. The van der Waals surface area contributed by atoms with Gasteiger partial charge in [0.15, 0.2) is 0 Å². The molecule has 3 rings (SSSR count). The van der Waals surface area contributed by atoms with Crippen molar-refractivity contribution in [1.82, 2.24) is 4.31 Å². The number of rotatable bonds is 7. The third-order valence-electron chi connectivity index (χ3n) is 4.72. The highest BCUT2D eigenvalue weighted by molar-refractivity contribution is 7.89. The summed E-state index contributed by atoms with van der Waals surface area (Å²) in [6.07, 6.45) is 0. The number of carbonyl (C=O) groups excluding carboxylic acids is 1. The summed E-state index contributed by atoms with van der Waals surface area (Å²) in [7, 11) is -3.87. The Bertz CT molecular complexity index is 1160. The average Bonchev–Trinajstić information content (AvgIpc) is 2.77. The molecule has 12 heteroatoms. The number of anilines is 2. The summed E-state index contributed by atoms with van der Waals surface area (Å²) >= 11 is 0. The number of hydrogen-bond donors (Lipinski definition) is 2. The minimum absolute atomic E-state index is 0.0493. The molecule has 0 spiro atoms. The van der Waals surface area contributed by atoms with Gasteiger partial charge in [-0.3, -0.25) is 20.3 Å². The third-order valence-corrected chi connectivity index (χ3v) is 6.61. The van der Waals surface area contributed by atoms with Gasteiger partial charge in [-0.25, -0.2) is 8.42 Å². The number of amides is 1. The zero-order chi connectivity index (χ0) is 23.3. The lowest BCUT2D eigenvalue weighted by atomic mass is 10.1. The molecule has 1 aliphatic heterocycles. The van der Waals surface area contributed by atoms with Gasteiger partial charge in [-0.1, -0.05) is 12.1 Å². The van der Waals surface area contributed by atoms with E-state index in [4.69, 9.17) is 4.74 Å². The standard InChI is InChI=1S/C20H23N5O6S/c1-14(16-4-3-5-17(12-16)21-15(2)26)22-23-19-7-6-18(13-20(19)25(27)28)32(29,30)24-8-10-31-11-9-24/h3-7,12-13,23H,8-11H2,1-2H3,(H,21,26)/b22-14-. The fraction of sp³-hybridized carbons (Fsp3) is 0.300. The van der Waals surface area contributed by atoms with Gasteiger partial charge in [0, 0.05) is 31.8 Å². The van der Waals surface area contributed by atoms with Crippen LogP contribution in [0.3, 0.4) is 0 Å². The number of nitro benzene ring substituents is 1. The predicted octanol–water partition coefficient (Wildman–Crippen LogP) is 2.41. The summed E-state index contributed by atoms with van der Waals surface area (Å²) in [4.78, 5) is 22.0. The number of morpholine rings is 1. The van der Waals surface area contributed by atoms with Gasteiger partial charge in [0.05, 0.1) is 28.7 Å². The second kappa shape index (κ2) is 9.85. The number of sulfonamides is 1. The highest BCUT2D eigenvalue weighted by Crippen LogP contribution is 2.29. The molecule has 1 amide bonds. The van der Waals surface area contributed by atoms with E-state index in [0.29, 0.717) is 17.0 Å². The minimum atomic E-state index is -3.87. The quantitative estimate of drug-likeness (QED) is 0.366. The molecule has 0 saturated carbocycles. The fourth-order valence-corrected chi connectivity index (χ4v) is 4.52. The van der Waals surface area contributed by atoms with Crippen LogP contribution in [0.1, 0.15) is 19.4 Å². The first-order chi connectivity index (χ1) is 15.2. The van der Waals surface area contributed by atoms with Crippen molar-refractivity contribution >= 4 is 38.7 Å². The molecule has 1 heterocycles. The van der Waals surface area contributed by atoms with Gasteiger partial charge in [0.2, 0.25) is 15.9 Å². The lowest BCUT2D eigenvalue weighted by Gasteiger charge is -2.26. The first-order valence-corrected chi connectivity index (χ1v) is 11.2. The zero-order valence-electron chi connectivity index (χ0n) is 17.6. The van der Waals surface area contributed by atoms with E-state index in [-0.39, 0.29) is 42.8 Å². The van der Waals surface area contributed by atoms with Crippen LogP contribution in [0.2, 0.25) is 0 Å². The summed E-state index contributed by atoms with van der Waals surface area (Å²) in [5.41, 5.74) is 4.07. The van der Waals surface area contributed by atoms with Crippen molar-refractivity contribution in [1.29, 1.82) is 0 Å². The van der Waals surface area contributed by atoms with Crippen LogP contribution in [0.15, 0.2) is 52.5 Å². The molecule has 0 atom stereocenters. The minimum Gasteiger partial charge on any atom is -0.379 e. The summed E-state index contributed by atoms with van der Waals surface area (Å²) in [5.74, 6) is -0.211. The number of nitrogens with zero attached hydrogens (tertiary/aromatic N) is 3. The van der Waals surface area contributed by atoms with Gasteiger partial charge >= 0.3 is 0 Å². The van der Waals surface area contributed by atoms with E-state index in [9.17, 15) is 23.3 Å². The van der Waals surface area contributed by atoms with Crippen LogP contribution < -0.4 is 10.7 Å². The van der Waals surface area contributed by atoms with E-state index >= 15 is 0 Å². The average molecular weight is 462 g/mol. The van der Waals surface area contributed by atoms with Crippen molar-refractivity contribution in [3.05, 3.63) is 58.1 Å². The third kappa shape index (κ3) is 5.46. The molecular weight excluding hydrogens is 438 g/mol. The SMILES string of the molecule is CC(=O)Nc1cccc(/C(C)=N\Nc2ccc(S(=O)(=O)N3CCOCC3)cc2[N+](=O)[O-])c1. The maximum absolute atomic E-state index is 12.8. The van der Waals surface area contributed by atoms with Crippen molar-refractivity contribution in [2.45, 2.75) is 18.7 Å². The Balaban J connectivity index is 1.85.